The lowest BCUT2D eigenvalue weighted by atomic mass is 9.71. The van der Waals surface area contributed by atoms with Crippen molar-refractivity contribution in [1.82, 2.24) is 19.6 Å². The molecule has 72 heavy (non-hydrogen) atoms. The molecule has 4 atom stereocenters. The Morgan fingerprint density at radius 2 is 1.82 bits per heavy atom. The summed E-state index contributed by atoms with van der Waals surface area (Å²) in [4.78, 5) is 29.0. The third-order valence-electron chi connectivity index (χ3n) is 14.7. The molecule has 0 radical (unpaired) electrons. The van der Waals surface area contributed by atoms with Gasteiger partial charge < -0.3 is 49.5 Å². The molecule has 10 rings (SSSR count). The van der Waals surface area contributed by atoms with Crippen molar-refractivity contribution in [3.05, 3.63) is 106 Å². The van der Waals surface area contributed by atoms with Gasteiger partial charge in [0.2, 0.25) is 5.88 Å². The highest BCUT2D eigenvalue weighted by molar-refractivity contribution is 7.90. The number of hydrogen-bond donors (Lipinski definition) is 4. The Kier molecular flexibility index (Phi) is 14.7. The molecule has 2 unspecified atom stereocenters. The molecule has 3 fully saturated rings. The number of carbonyl (C=O) groups is 1. The Morgan fingerprint density at radius 3 is 2.62 bits per heavy atom. The van der Waals surface area contributed by atoms with Gasteiger partial charge >= 0.3 is 0 Å². The summed E-state index contributed by atoms with van der Waals surface area (Å²) in [7, 11) is -4.59. The molecule has 19 heteroatoms. The Bertz CT molecular complexity index is 2910. The second-order valence-electron chi connectivity index (χ2n) is 20.6. The second kappa shape index (κ2) is 21.2. The van der Waals surface area contributed by atoms with Crippen molar-refractivity contribution in [3.63, 3.8) is 0 Å². The van der Waals surface area contributed by atoms with Crippen LogP contribution in [0.5, 0.6) is 5.88 Å². The fraction of sp³-hybridized carbons (Fsp3) is 0.472. The highest BCUT2D eigenvalue weighted by Crippen LogP contribution is 2.46. The zero-order valence-corrected chi connectivity index (χ0v) is 42.6. The summed E-state index contributed by atoms with van der Waals surface area (Å²) in [5.41, 5.74) is 6.42. The number of fused-ring (bicyclic) bond motifs is 4. The first-order valence-electron chi connectivity index (χ1n) is 25.1. The van der Waals surface area contributed by atoms with Crippen LogP contribution in [0.3, 0.4) is 0 Å². The lowest BCUT2D eigenvalue weighted by Gasteiger charge is -2.45. The van der Waals surface area contributed by atoms with E-state index in [9.17, 15) is 23.6 Å². The topological polar surface area (TPSA) is 197 Å². The molecule has 0 saturated carbocycles. The number of hydrogen-bond acceptors (Lipinski definition) is 15. The number of aromatic amines is 1. The zero-order chi connectivity index (χ0) is 50.1. The fourth-order valence-electron chi connectivity index (χ4n) is 10.8. The molecule has 384 valence electrons. The molecular formula is C53H64ClN8O9S-. The third kappa shape index (κ3) is 11.1. The maximum atomic E-state index is 14.6. The Hall–Kier alpha value is -5.44. The molecule has 3 aromatic carbocycles. The number of piperazine rings is 1. The van der Waals surface area contributed by atoms with Crippen molar-refractivity contribution < 1.29 is 37.4 Å². The standard InChI is InChI=1S/C53H64ClN8O9S/c1-34-6-12-40(71-32-34)29-56-45-15-13-41(26-47(45)62(64)65)72(66,67)58-51(63)42-14-11-38(25-46(42)61-18-4-22-70-52-48(61)24-36-16-17-55-50(36)57-52)59-19-20-60-31-44-43(35-7-9-37(54)10-8-35)27-53(2,3)28-49(44)69-23-5-21-68-33-39(60)30-59/h7-11,13-17,24-26,34,39-40,49,56,64H,4-6,12,18-23,27-33H2,1-3H3,(H,55,57)(H,58,63)/q-1/t34-,39?,40?,49+/m0/s1. The number of allylic oxidation sites excluding steroid dienone is 1. The molecule has 0 bridgehead atoms. The molecule has 1 amide bonds. The summed E-state index contributed by atoms with van der Waals surface area (Å²) in [5, 5.41) is 26.8. The van der Waals surface area contributed by atoms with E-state index in [1.165, 1.54) is 28.8 Å². The van der Waals surface area contributed by atoms with Crippen LogP contribution < -0.4 is 29.8 Å². The summed E-state index contributed by atoms with van der Waals surface area (Å²) in [5.74, 6) is -0.0473. The largest absolute Gasteiger partial charge is 0.733 e. The van der Waals surface area contributed by atoms with E-state index in [1.54, 1.807) is 12.3 Å². The summed E-state index contributed by atoms with van der Waals surface area (Å²) >= 11 is 6.38. The number of H-pyrrole nitrogens is 1. The highest BCUT2D eigenvalue weighted by atomic mass is 35.5. The van der Waals surface area contributed by atoms with Gasteiger partial charge in [0.25, 0.3) is 15.9 Å². The summed E-state index contributed by atoms with van der Waals surface area (Å²) < 4.78 is 55.7. The van der Waals surface area contributed by atoms with Crippen molar-refractivity contribution in [2.75, 3.05) is 92.6 Å². The average molecular weight is 1020 g/mol. The van der Waals surface area contributed by atoms with Gasteiger partial charge in [0.05, 0.1) is 59.0 Å². The molecule has 3 saturated heterocycles. The van der Waals surface area contributed by atoms with Crippen molar-refractivity contribution in [2.45, 2.75) is 82.4 Å². The molecule has 17 nitrogen and oxygen atoms in total. The smallest absolute Gasteiger partial charge is 0.267 e. The van der Waals surface area contributed by atoms with Crippen LogP contribution in [0.15, 0.2) is 89.5 Å². The van der Waals surface area contributed by atoms with Crippen molar-refractivity contribution in [2.24, 2.45) is 11.3 Å². The number of amides is 1. The molecule has 0 spiro atoms. The molecular weight excluding hydrogens is 960 g/mol. The second-order valence-corrected chi connectivity index (χ2v) is 22.7. The van der Waals surface area contributed by atoms with E-state index in [-0.39, 0.29) is 50.7 Å². The van der Waals surface area contributed by atoms with E-state index in [0.29, 0.717) is 99.5 Å². The van der Waals surface area contributed by atoms with Crippen molar-refractivity contribution >= 4 is 72.6 Å². The normalized spacial score (nSPS) is 23.2. The maximum Gasteiger partial charge on any atom is 0.267 e. The van der Waals surface area contributed by atoms with Gasteiger partial charge in [0.15, 0.2) is 0 Å². The predicted molar refractivity (Wildman–Crippen MR) is 279 cm³/mol. The predicted octanol–water partition coefficient (Wildman–Crippen LogP) is 8.75. The minimum absolute atomic E-state index is 0.0150. The number of halogens is 1. The van der Waals surface area contributed by atoms with Gasteiger partial charge in [-0.2, -0.15) is 4.98 Å². The van der Waals surface area contributed by atoms with Gasteiger partial charge in [-0.15, -0.1) is 0 Å². The van der Waals surface area contributed by atoms with Crippen LogP contribution >= 0.6 is 11.6 Å². The Morgan fingerprint density at radius 1 is 0.972 bits per heavy atom. The number of anilines is 5. The monoisotopic (exact) mass is 1020 g/mol. The zero-order valence-electron chi connectivity index (χ0n) is 41.1. The van der Waals surface area contributed by atoms with Gasteiger partial charge in [-0.25, -0.2) is 13.1 Å². The lowest BCUT2D eigenvalue weighted by Crippen LogP contribution is -2.56. The number of aromatic nitrogens is 2. The number of ether oxygens (including phenoxy) is 4. The van der Waals surface area contributed by atoms with Crippen LogP contribution in [0.25, 0.3) is 16.6 Å². The van der Waals surface area contributed by atoms with Crippen LogP contribution in [-0.4, -0.2) is 125 Å². The number of nitrogens with one attached hydrogen (secondary N) is 3. The van der Waals surface area contributed by atoms with Crippen LogP contribution in [0.2, 0.25) is 5.02 Å². The van der Waals surface area contributed by atoms with E-state index >= 15 is 0 Å². The van der Waals surface area contributed by atoms with Gasteiger partial charge in [-0.3, -0.25) is 14.9 Å². The number of pyridine rings is 1. The van der Waals surface area contributed by atoms with Gasteiger partial charge in [-0.05, 0) is 127 Å². The van der Waals surface area contributed by atoms with Crippen molar-refractivity contribution in [3.8, 4) is 5.88 Å². The van der Waals surface area contributed by atoms with Gasteiger partial charge in [0, 0.05) is 81.4 Å². The highest BCUT2D eigenvalue weighted by Gasteiger charge is 2.39. The first kappa shape index (κ1) is 50.1. The Balaban J connectivity index is 0.961. The maximum absolute atomic E-state index is 14.6. The minimum Gasteiger partial charge on any atom is -0.733 e. The first-order valence-corrected chi connectivity index (χ1v) is 27.0. The molecule has 5 aliphatic rings. The van der Waals surface area contributed by atoms with Crippen LogP contribution in [-0.2, 0) is 24.2 Å². The first-order chi connectivity index (χ1) is 34.7. The summed E-state index contributed by atoms with van der Waals surface area (Å²) in [6.07, 6.45) is 6.69. The van der Waals surface area contributed by atoms with E-state index in [2.05, 4.69) is 57.7 Å². The number of sulfonamides is 1. The number of carbonyl (C=O) groups excluding carboxylic acids is 1. The third-order valence-corrected chi connectivity index (χ3v) is 16.2. The average Bonchev–Trinajstić information content (AvgIpc) is 3.71. The number of nitrogens with zero attached hydrogens (tertiary/aromatic N) is 5. The molecule has 2 aromatic heterocycles. The van der Waals surface area contributed by atoms with E-state index in [1.807, 2.05) is 41.3 Å². The van der Waals surface area contributed by atoms with Crippen molar-refractivity contribution in [1.29, 1.82) is 0 Å². The van der Waals surface area contributed by atoms with E-state index < -0.39 is 15.9 Å². The molecule has 4 N–H and O–H groups in total. The number of rotatable bonds is 10. The number of benzene rings is 3. The summed E-state index contributed by atoms with van der Waals surface area (Å²) in [6, 6.07) is 21.2. The van der Waals surface area contributed by atoms with Gasteiger partial charge in [-0.1, -0.05) is 44.5 Å². The van der Waals surface area contributed by atoms with Crippen LogP contribution in [0.4, 0.5) is 28.4 Å². The minimum atomic E-state index is -4.59. The van der Waals surface area contributed by atoms with Crippen LogP contribution in [0, 0.1) is 16.5 Å². The van der Waals surface area contributed by atoms with Crippen LogP contribution in [0.1, 0.15) is 75.2 Å². The van der Waals surface area contributed by atoms with E-state index in [0.717, 1.165) is 62.3 Å². The molecule has 6 heterocycles. The molecule has 5 aromatic rings. The SMILES string of the molecule is C[C@H]1CCC(CNc2ccc(S(=O)(=O)NC(=O)c3ccc(N4CCN5CC6=C(c7ccc(Cl)cc7)CC(C)(C)C[C@H]6OCCCOCC5C4)cc3N3CCCOc4nc5[nH]ccc5cc43)cc2N([O-])O)OC1. The van der Waals surface area contributed by atoms with E-state index in [4.69, 9.17) is 35.5 Å². The molecule has 1 aliphatic carbocycles. The lowest BCUT2D eigenvalue weighted by molar-refractivity contribution is -0.00296. The quantitative estimate of drug-likeness (QED) is 0.0969. The van der Waals surface area contributed by atoms with Gasteiger partial charge in [0.1, 0.15) is 11.3 Å². The summed E-state index contributed by atoms with van der Waals surface area (Å²) in [6.45, 7) is 13.0. The fourth-order valence-corrected chi connectivity index (χ4v) is 11.9. The molecule has 4 aliphatic heterocycles. The Labute approximate surface area is 426 Å².